The Balaban J connectivity index is 1.32. The number of nitrogens with zero attached hydrogens (tertiary/aromatic N) is 2. The second-order valence-corrected chi connectivity index (χ2v) is 15.0. The number of aryl methyl sites for hydroxylation is 1. The van der Waals surface area contributed by atoms with Gasteiger partial charge in [0.15, 0.2) is 11.5 Å². The zero-order chi connectivity index (χ0) is 37.3. The van der Waals surface area contributed by atoms with Crippen molar-refractivity contribution in [1.82, 2.24) is 5.01 Å². The second kappa shape index (κ2) is 13.0. The van der Waals surface area contributed by atoms with Crippen LogP contribution in [0, 0.1) is 30.6 Å². The summed E-state index contributed by atoms with van der Waals surface area (Å²) in [6.07, 6.45) is 2.25. The molecule has 8 rings (SSSR count). The van der Waals surface area contributed by atoms with Crippen molar-refractivity contribution >= 4 is 63.5 Å². The van der Waals surface area contributed by atoms with Crippen LogP contribution in [-0.4, -0.2) is 58.0 Å². The van der Waals surface area contributed by atoms with E-state index in [0.29, 0.717) is 21.3 Å². The minimum atomic E-state index is -1.80. The fraction of sp³-hybridized carbons (Fsp3) is 0.250. The van der Waals surface area contributed by atoms with Crippen molar-refractivity contribution in [3.63, 3.8) is 0 Å². The maximum atomic E-state index is 15.3. The number of rotatable bonds is 7. The molecule has 53 heavy (non-hydrogen) atoms. The number of phenols is 1. The van der Waals surface area contributed by atoms with Crippen LogP contribution in [0.4, 0.5) is 11.4 Å². The fourth-order valence-electron chi connectivity index (χ4n) is 9.12. The molecule has 4 N–H and O–H groups in total. The molecule has 2 aliphatic heterocycles. The van der Waals surface area contributed by atoms with Gasteiger partial charge in [-0.15, -0.1) is 0 Å². The zero-order valence-electron chi connectivity index (χ0n) is 28.8. The number of ether oxygens (including phenoxy) is 1. The summed E-state index contributed by atoms with van der Waals surface area (Å²) in [5, 5.41) is 31.6. The summed E-state index contributed by atoms with van der Waals surface area (Å²) in [7, 11) is -0.373. The molecule has 2 saturated heterocycles. The van der Waals surface area contributed by atoms with E-state index in [0.717, 1.165) is 21.0 Å². The number of benzene rings is 4. The monoisotopic (exact) mass is 775 g/mol. The standard InChI is InChI=1S/C40H35BBrN3O8/c1-21-11-13-25(14-12-21)43-45-37(48)30-20-29-27(15-16-28-33(29)38(49)44(36(28)47)26-10-6-9-24(19-26)41(51)52)34(22-17-31(42)35(46)32(18-22)53-2)40(30,39(45)50)23-7-4-3-5-8-23/h3-15,17-19,28-30,33-34,43,46,51-52H,16,20H2,1-2H3/t28-,29+,30-,33-,34-,40+/m0/s1. The molecule has 0 radical (unpaired) electrons. The first-order valence-corrected chi connectivity index (χ1v) is 18.1. The number of carbonyl (C=O) groups excluding carboxylic acids is 4. The third-order valence-electron chi connectivity index (χ3n) is 11.4. The summed E-state index contributed by atoms with van der Waals surface area (Å²) in [4.78, 5) is 60.0. The third-order valence-corrected chi connectivity index (χ3v) is 12.0. The van der Waals surface area contributed by atoms with Crippen LogP contribution in [0.1, 0.15) is 35.4 Å². The Hall–Kier alpha value is -5.24. The van der Waals surface area contributed by atoms with Crippen LogP contribution in [0.15, 0.2) is 107 Å². The Kier molecular flexibility index (Phi) is 8.55. The molecule has 1 saturated carbocycles. The number of halogens is 1. The Morgan fingerprint density at radius 3 is 2.32 bits per heavy atom. The first kappa shape index (κ1) is 34.8. The first-order valence-electron chi connectivity index (χ1n) is 17.3. The van der Waals surface area contributed by atoms with Gasteiger partial charge in [-0.1, -0.05) is 71.8 Å². The average Bonchev–Trinajstić information content (AvgIpc) is 3.54. The van der Waals surface area contributed by atoms with E-state index in [2.05, 4.69) is 21.4 Å². The van der Waals surface area contributed by atoms with Gasteiger partial charge < -0.3 is 19.9 Å². The first-order chi connectivity index (χ1) is 25.5. The molecule has 2 aliphatic carbocycles. The highest BCUT2D eigenvalue weighted by Gasteiger charge is 2.70. The number of allylic oxidation sites excluding steroid dienone is 2. The number of imide groups is 2. The molecule has 2 heterocycles. The van der Waals surface area contributed by atoms with Gasteiger partial charge in [0, 0.05) is 5.92 Å². The highest BCUT2D eigenvalue weighted by atomic mass is 79.9. The van der Waals surface area contributed by atoms with Crippen LogP contribution in [0.2, 0.25) is 0 Å². The van der Waals surface area contributed by atoms with Crippen LogP contribution in [-0.2, 0) is 24.6 Å². The van der Waals surface area contributed by atoms with E-state index in [4.69, 9.17) is 4.74 Å². The number of amides is 4. The van der Waals surface area contributed by atoms with Crippen molar-refractivity contribution in [2.24, 2.45) is 23.7 Å². The van der Waals surface area contributed by atoms with Crippen LogP contribution in [0.3, 0.4) is 0 Å². The summed E-state index contributed by atoms with van der Waals surface area (Å²) in [5.74, 6) is -5.79. The molecule has 13 heteroatoms. The van der Waals surface area contributed by atoms with Crippen molar-refractivity contribution in [2.45, 2.75) is 31.1 Å². The molecule has 4 amide bonds. The molecular weight excluding hydrogens is 741 g/mol. The van der Waals surface area contributed by atoms with Crippen LogP contribution in [0.5, 0.6) is 11.5 Å². The molecule has 0 aromatic heterocycles. The van der Waals surface area contributed by atoms with E-state index in [1.54, 1.807) is 36.4 Å². The summed E-state index contributed by atoms with van der Waals surface area (Å²) >= 11 is 3.47. The minimum absolute atomic E-state index is 0.105. The molecule has 11 nitrogen and oxygen atoms in total. The van der Waals surface area contributed by atoms with Gasteiger partial charge in [-0.25, -0.2) is 0 Å². The number of aromatic hydroxyl groups is 1. The topological polar surface area (TPSA) is 157 Å². The molecule has 6 atom stereocenters. The number of anilines is 2. The highest BCUT2D eigenvalue weighted by molar-refractivity contribution is 9.10. The molecule has 4 aliphatic rings. The van der Waals surface area contributed by atoms with E-state index >= 15 is 4.79 Å². The number of hydrogen-bond donors (Lipinski definition) is 4. The largest absolute Gasteiger partial charge is 0.503 e. The van der Waals surface area contributed by atoms with Crippen LogP contribution < -0.4 is 20.5 Å². The maximum Gasteiger partial charge on any atom is 0.488 e. The average molecular weight is 776 g/mol. The van der Waals surface area contributed by atoms with E-state index in [1.165, 1.54) is 19.2 Å². The predicted molar refractivity (Wildman–Crippen MR) is 200 cm³/mol. The predicted octanol–water partition coefficient (Wildman–Crippen LogP) is 4.34. The molecule has 0 spiro atoms. The number of phenolic OH excluding ortho intramolecular Hbond substituents is 1. The van der Waals surface area contributed by atoms with E-state index in [9.17, 15) is 29.5 Å². The lowest BCUT2D eigenvalue weighted by atomic mass is 9.49. The number of hydrogen-bond acceptors (Lipinski definition) is 9. The van der Waals surface area contributed by atoms with Gasteiger partial charge in [0.25, 0.3) is 11.8 Å². The second-order valence-electron chi connectivity index (χ2n) is 14.1. The number of carbonyl (C=O) groups is 4. The van der Waals surface area contributed by atoms with Gasteiger partial charge in [0.1, 0.15) is 0 Å². The minimum Gasteiger partial charge on any atom is -0.503 e. The Bertz CT molecular complexity index is 2210. The van der Waals surface area contributed by atoms with E-state index < -0.39 is 65.8 Å². The van der Waals surface area contributed by atoms with E-state index in [1.807, 2.05) is 55.5 Å². The van der Waals surface area contributed by atoms with Gasteiger partial charge in [-0.3, -0.25) is 29.5 Å². The lowest BCUT2D eigenvalue weighted by molar-refractivity contribution is -0.138. The molecule has 0 unspecified atom stereocenters. The Morgan fingerprint density at radius 1 is 0.887 bits per heavy atom. The van der Waals surface area contributed by atoms with E-state index in [-0.39, 0.29) is 35.5 Å². The lowest BCUT2D eigenvalue weighted by Crippen LogP contribution is -2.53. The summed E-state index contributed by atoms with van der Waals surface area (Å²) in [5.41, 5.74) is 5.43. The Morgan fingerprint density at radius 2 is 1.62 bits per heavy atom. The number of methoxy groups -OCH3 is 1. The van der Waals surface area contributed by atoms with Crippen molar-refractivity contribution in [1.29, 1.82) is 0 Å². The highest BCUT2D eigenvalue weighted by Crippen LogP contribution is 2.64. The smallest absolute Gasteiger partial charge is 0.488 e. The van der Waals surface area contributed by atoms with Gasteiger partial charge in [-0.2, -0.15) is 5.01 Å². The van der Waals surface area contributed by atoms with Gasteiger partial charge in [0.2, 0.25) is 11.8 Å². The number of fused-ring (bicyclic) bond motifs is 4. The van der Waals surface area contributed by atoms with Crippen LogP contribution >= 0.6 is 15.9 Å². The number of hydrazine groups is 1. The van der Waals surface area contributed by atoms with Gasteiger partial charge in [-0.05, 0) is 94.6 Å². The van der Waals surface area contributed by atoms with Crippen molar-refractivity contribution < 1.29 is 39.1 Å². The summed E-state index contributed by atoms with van der Waals surface area (Å²) in [6, 6.07) is 25.9. The number of nitrogens with one attached hydrogen (secondary N) is 1. The summed E-state index contributed by atoms with van der Waals surface area (Å²) < 4.78 is 5.89. The molecule has 268 valence electrons. The SMILES string of the molecule is COc1cc([C@H]2C3=CC[C@@H]4C(=O)N(c5cccc(B(O)O)c5)C(=O)[C@@H]4[C@@H]3C[C@H]3C(=O)N(Nc4ccc(C)cc4)C(=O)[C@@]23c2ccccc2)cc(Br)c1O. The quantitative estimate of drug-likeness (QED) is 0.122. The van der Waals surface area contributed by atoms with Gasteiger partial charge >= 0.3 is 7.12 Å². The Labute approximate surface area is 314 Å². The fourth-order valence-corrected chi connectivity index (χ4v) is 9.58. The molecule has 0 bridgehead atoms. The van der Waals surface area contributed by atoms with Crippen molar-refractivity contribution in [3.8, 4) is 11.5 Å². The zero-order valence-corrected chi connectivity index (χ0v) is 30.4. The molecule has 4 aromatic rings. The normalized spacial score (nSPS) is 26.2. The van der Waals surface area contributed by atoms with Crippen molar-refractivity contribution in [3.05, 3.63) is 124 Å². The lowest BCUT2D eigenvalue weighted by Gasteiger charge is -2.50. The summed E-state index contributed by atoms with van der Waals surface area (Å²) in [6.45, 7) is 1.94. The maximum absolute atomic E-state index is 15.3. The molecule has 3 fully saturated rings. The van der Waals surface area contributed by atoms with Crippen LogP contribution in [0.25, 0.3) is 0 Å². The third kappa shape index (κ3) is 5.24. The molecule has 4 aromatic carbocycles. The molecular formula is C40H35BBrN3O8. The van der Waals surface area contributed by atoms with Gasteiger partial charge in [0.05, 0.1) is 46.1 Å². The van der Waals surface area contributed by atoms with Crippen molar-refractivity contribution in [2.75, 3.05) is 17.4 Å².